The van der Waals surface area contributed by atoms with E-state index in [1.807, 2.05) is 13.0 Å². The maximum Gasteiger partial charge on any atom is 2.00 e. The Balaban J connectivity index is 0. The van der Waals surface area contributed by atoms with Crippen LogP contribution < -0.4 is 0 Å². The van der Waals surface area contributed by atoms with E-state index in [-0.39, 0.29) is 23.1 Å². The molecule has 0 bridgehead atoms. The fourth-order valence-corrected chi connectivity index (χ4v) is 0.898. The summed E-state index contributed by atoms with van der Waals surface area (Å²) in [5.41, 5.74) is 0. The molecule has 0 aromatic rings. The minimum Gasteiger partial charge on any atom is -0.328 e. The maximum atomic E-state index is 3.42. The minimum atomic E-state index is 0. The minimum absolute atomic E-state index is 0. The van der Waals surface area contributed by atoms with Gasteiger partial charge in [-0.3, -0.25) is 0 Å². The second-order valence-corrected chi connectivity index (χ2v) is 2.50. The smallest absolute Gasteiger partial charge is 0.328 e. The maximum absolute atomic E-state index is 3.42. The van der Waals surface area contributed by atoms with Crippen LogP contribution in [0.5, 0.6) is 0 Å². The van der Waals surface area contributed by atoms with Crippen molar-refractivity contribution in [3.05, 3.63) is 25.5 Å². The van der Waals surface area contributed by atoms with Gasteiger partial charge in [0.2, 0.25) is 0 Å². The first-order valence-electron chi connectivity index (χ1n) is 4.14. The van der Waals surface area contributed by atoms with Crippen LogP contribution in [0.2, 0.25) is 0 Å². The Hall–Kier alpha value is 0.376. The van der Waals surface area contributed by atoms with E-state index in [0.717, 1.165) is 0 Å². The van der Waals surface area contributed by atoms with E-state index in [1.54, 1.807) is 6.08 Å². The van der Waals surface area contributed by atoms with Gasteiger partial charge in [0.15, 0.2) is 0 Å². The third kappa shape index (κ3) is 13.4. The SMILES string of the molecule is [CH-]1CCCCC1.[CH2-]/C=C/C.[Mg+2]. The number of rotatable bonds is 0. The van der Waals surface area contributed by atoms with E-state index in [1.165, 1.54) is 32.1 Å². The molecule has 60 valence electrons. The number of hydrogen-bond acceptors (Lipinski definition) is 0. The zero-order chi connectivity index (χ0) is 7.66. The standard InChI is InChI=1S/C6H11.C4H7.Mg/c1-2-4-6-5-3-1;1-3-4-2;/h1H,2-6H2;3-4H,1H2,2H3;/q2*-1;+2/b;4-3+;. The van der Waals surface area contributed by atoms with Gasteiger partial charge in [0.25, 0.3) is 0 Å². The molecule has 0 nitrogen and oxygen atoms in total. The predicted molar refractivity (Wildman–Crippen MR) is 53.3 cm³/mol. The summed E-state index contributed by atoms with van der Waals surface area (Å²) < 4.78 is 0. The van der Waals surface area contributed by atoms with Crippen LogP contribution in [0.4, 0.5) is 0 Å². The average molecular weight is 163 g/mol. The molecule has 0 aliphatic heterocycles. The average Bonchev–Trinajstić information content (AvgIpc) is 2.08. The first-order valence-corrected chi connectivity index (χ1v) is 4.14. The zero-order valence-electron chi connectivity index (χ0n) is 7.68. The molecule has 0 aromatic heterocycles. The van der Waals surface area contributed by atoms with Crippen molar-refractivity contribution in [1.82, 2.24) is 0 Å². The number of hydrogen-bond donors (Lipinski definition) is 0. The van der Waals surface area contributed by atoms with Crippen molar-refractivity contribution >= 4 is 23.1 Å². The Kier molecular flexibility index (Phi) is 16.5. The molecule has 0 spiro atoms. The van der Waals surface area contributed by atoms with Gasteiger partial charge in [0.1, 0.15) is 0 Å². The molecule has 0 unspecified atom stereocenters. The van der Waals surface area contributed by atoms with Crippen LogP contribution in [-0.4, -0.2) is 23.1 Å². The summed E-state index contributed by atoms with van der Waals surface area (Å²) >= 11 is 0. The van der Waals surface area contributed by atoms with Crippen molar-refractivity contribution in [3.63, 3.8) is 0 Å². The van der Waals surface area contributed by atoms with Gasteiger partial charge in [-0.15, -0.1) is 6.92 Å². The summed E-state index contributed by atoms with van der Waals surface area (Å²) in [6.07, 6.45) is 13.1. The van der Waals surface area contributed by atoms with Crippen molar-refractivity contribution in [2.75, 3.05) is 0 Å². The Labute approximate surface area is 87.6 Å². The van der Waals surface area contributed by atoms with Crippen LogP contribution in [0.1, 0.15) is 39.0 Å². The van der Waals surface area contributed by atoms with Gasteiger partial charge >= 0.3 is 23.1 Å². The van der Waals surface area contributed by atoms with E-state index in [4.69, 9.17) is 0 Å². The fraction of sp³-hybridized carbons (Fsp3) is 0.600. The summed E-state index contributed by atoms with van der Waals surface area (Å²) in [7, 11) is 0. The molecule has 0 atom stereocenters. The van der Waals surface area contributed by atoms with Crippen LogP contribution in [-0.2, 0) is 0 Å². The summed E-state index contributed by atoms with van der Waals surface area (Å²) in [5.74, 6) is 0. The molecule has 0 radical (unpaired) electrons. The third-order valence-electron chi connectivity index (χ3n) is 1.55. The van der Waals surface area contributed by atoms with E-state index in [2.05, 4.69) is 13.3 Å². The Bertz CT molecular complexity index is 57.4. The molecular formula is C10H18Mg. The van der Waals surface area contributed by atoms with E-state index in [0.29, 0.717) is 0 Å². The quantitative estimate of drug-likeness (QED) is 0.379. The second-order valence-electron chi connectivity index (χ2n) is 2.50. The van der Waals surface area contributed by atoms with Crippen molar-refractivity contribution in [2.45, 2.75) is 39.0 Å². The first kappa shape index (κ1) is 13.9. The van der Waals surface area contributed by atoms with Gasteiger partial charge in [-0.1, -0.05) is 19.3 Å². The number of allylic oxidation sites excluding steroid dienone is 2. The summed E-state index contributed by atoms with van der Waals surface area (Å²) in [4.78, 5) is 0. The fourth-order valence-electron chi connectivity index (χ4n) is 0.898. The first-order chi connectivity index (χ1) is 4.91. The Morgan fingerprint density at radius 3 is 1.73 bits per heavy atom. The van der Waals surface area contributed by atoms with Crippen LogP contribution in [0.25, 0.3) is 0 Å². The molecule has 1 fully saturated rings. The van der Waals surface area contributed by atoms with Crippen LogP contribution in [0, 0.1) is 13.3 Å². The molecule has 1 saturated carbocycles. The molecule has 0 heterocycles. The van der Waals surface area contributed by atoms with Crippen LogP contribution in [0.3, 0.4) is 0 Å². The van der Waals surface area contributed by atoms with Gasteiger partial charge in [-0.25, -0.2) is 19.1 Å². The van der Waals surface area contributed by atoms with Gasteiger partial charge in [-0.2, -0.15) is 12.8 Å². The van der Waals surface area contributed by atoms with Gasteiger partial charge in [0.05, 0.1) is 0 Å². The normalized spacial score (nSPS) is 16.5. The van der Waals surface area contributed by atoms with Gasteiger partial charge in [0, 0.05) is 0 Å². The predicted octanol–water partition coefficient (Wildman–Crippen LogP) is 3.17. The van der Waals surface area contributed by atoms with Crippen LogP contribution >= 0.6 is 0 Å². The van der Waals surface area contributed by atoms with E-state index >= 15 is 0 Å². The van der Waals surface area contributed by atoms with Gasteiger partial charge in [-0.05, 0) is 0 Å². The molecule has 0 aromatic carbocycles. The zero-order valence-corrected chi connectivity index (χ0v) is 9.10. The molecule has 1 heteroatoms. The van der Waals surface area contributed by atoms with Crippen molar-refractivity contribution < 1.29 is 0 Å². The molecule has 0 N–H and O–H groups in total. The third-order valence-corrected chi connectivity index (χ3v) is 1.55. The van der Waals surface area contributed by atoms with Crippen molar-refractivity contribution in [2.24, 2.45) is 0 Å². The molecule has 0 saturated heterocycles. The molecule has 0 amide bonds. The summed E-state index contributed by atoms with van der Waals surface area (Å²) in [6.45, 7) is 5.36. The molecule has 1 aliphatic carbocycles. The monoisotopic (exact) mass is 162 g/mol. The summed E-state index contributed by atoms with van der Waals surface area (Å²) in [5, 5.41) is 0. The van der Waals surface area contributed by atoms with Crippen LogP contribution in [0.15, 0.2) is 12.2 Å². The second kappa shape index (κ2) is 13.0. The molecule has 1 rings (SSSR count). The van der Waals surface area contributed by atoms with E-state index < -0.39 is 0 Å². The largest absolute Gasteiger partial charge is 2.00 e. The molecule has 1 aliphatic rings. The van der Waals surface area contributed by atoms with E-state index in [9.17, 15) is 0 Å². The Morgan fingerprint density at radius 2 is 1.64 bits per heavy atom. The van der Waals surface area contributed by atoms with Crippen molar-refractivity contribution in [3.8, 4) is 0 Å². The van der Waals surface area contributed by atoms with Gasteiger partial charge < -0.3 is 6.42 Å². The molecule has 11 heavy (non-hydrogen) atoms. The van der Waals surface area contributed by atoms with Crippen molar-refractivity contribution in [1.29, 1.82) is 0 Å². The molecular weight excluding hydrogens is 144 g/mol. The Morgan fingerprint density at radius 1 is 1.18 bits per heavy atom. The summed E-state index contributed by atoms with van der Waals surface area (Å²) in [6, 6.07) is 0. The topological polar surface area (TPSA) is 0 Å².